The van der Waals surface area contributed by atoms with Gasteiger partial charge in [0.1, 0.15) is 0 Å². The third-order valence-corrected chi connectivity index (χ3v) is 5.77. The Kier molecular flexibility index (Phi) is 6.55. The molecule has 3 aromatic carbocycles. The molecule has 30 heavy (non-hydrogen) atoms. The van der Waals surface area contributed by atoms with Gasteiger partial charge in [-0.1, -0.05) is 36.4 Å². The van der Waals surface area contributed by atoms with Crippen molar-refractivity contribution in [3.63, 3.8) is 0 Å². The molecule has 0 heterocycles. The fourth-order valence-corrected chi connectivity index (χ4v) is 3.77. The molecule has 0 aliphatic rings. The highest BCUT2D eigenvalue weighted by molar-refractivity contribution is 7.89. The first kappa shape index (κ1) is 21.2. The molecule has 0 atom stereocenters. The van der Waals surface area contributed by atoms with Gasteiger partial charge in [0.2, 0.25) is 10.0 Å². The van der Waals surface area contributed by atoms with Gasteiger partial charge in [-0.15, -0.1) is 0 Å². The summed E-state index contributed by atoms with van der Waals surface area (Å²) in [5.74, 6) is -0.532. The average molecular weight is 425 g/mol. The normalized spacial score (nSPS) is 11.1. The molecule has 0 saturated heterocycles. The van der Waals surface area contributed by atoms with Crippen LogP contribution in [0.1, 0.15) is 15.9 Å². The first-order valence-electron chi connectivity index (χ1n) is 9.04. The summed E-state index contributed by atoms with van der Waals surface area (Å²) >= 11 is 0. The molecule has 8 nitrogen and oxygen atoms in total. The van der Waals surface area contributed by atoms with E-state index in [4.69, 9.17) is 0 Å². The van der Waals surface area contributed by atoms with Crippen molar-refractivity contribution in [3.05, 3.63) is 100 Å². The number of nitrogens with one attached hydrogen (secondary N) is 2. The average Bonchev–Trinajstić information content (AvgIpc) is 2.75. The number of hydrogen-bond acceptors (Lipinski definition) is 5. The Morgan fingerprint density at radius 3 is 2.30 bits per heavy atom. The van der Waals surface area contributed by atoms with Crippen molar-refractivity contribution in [3.8, 4) is 0 Å². The Morgan fingerprint density at radius 2 is 1.63 bits per heavy atom. The van der Waals surface area contributed by atoms with Gasteiger partial charge in [0.05, 0.1) is 9.82 Å². The summed E-state index contributed by atoms with van der Waals surface area (Å²) in [6.07, 6.45) is 0.567. The molecule has 0 spiro atoms. The summed E-state index contributed by atoms with van der Waals surface area (Å²) in [5.41, 5.74) is 1.34. The second-order valence-electron chi connectivity index (χ2n) is 6.42. The molecule has 9 heteroatoms. The molecule has 0 saturated carbocycles. The third-order valence-electron chi connectivity index (χ3n) is 4.29. The van der Waals surface area contributed by atoms with Crippen LogP contribution >= 0.6 is 0 Å². The van der Waals surface area contributed by atoms with Crippen molar-refractivity contribution >= 4 is 27.3 Å². The standard InChI is InChI=1S/C21H19N3O5S/c25-21(17-7-4-8-19(15-17)24(26)27)23-18-9-11-20(12-10-18)30(28,29)22-14-13-16-5-2-1-3-6-16/h1-12,15,22H,13-14H2,(H,23,25). The lowest BCUT2D eigenvalue weighted by Crippen LogP contribution is -2.26. The van der Waals surface area contributed by atoms with Gasteiger partial charge in [0.15, 0.2) is 0 Å². The van der Waals surface area contributed by atoms with E-state index in [9.17, 15) is 23.3 Å². The largest absolute Gasteiger partial charge is 0.322 e. The molecular formula is C21H19N3O5S. The lowest BCUT2D eigenvalue weighted by molar-refractivity contribution is -0.384. The first-order chi connectivity index (χ1) is 14.3. The van der Waals surface area contributed by atoms with Crippen LogP contribution in [0.4, 0.5) is 11.4 Å². The van der Waals surface area contributed by atoms with Crippen LogP contribution in [-0.4, -0.2) is 25.8 Å². The molecule has 0 aliphatic heterocycles. The summed E-state index contributed by atoms with van der Waals surface area (Å²) < 4.78 is 27.4. The topological polar surface area (TPSA) is 118 Å². The van der Waals surface area contributed by atoms with Crippen LogP contribution in [0, 0.1) is 10.1 Å². The van der Waals surface area contributed by atoms with E-state index < -0.39 is 20.9 Å². The fraction of sp³-hybridized carbons (Fsp3) is 0.0952. The van der Waals surface area contributed by atoms with E-state index in [1.807, 2.05) is 30.3 Å². The zero-order chi connectivity index (χ0) is 21.6. The number of non-ortho nitro benzene ring substituents is 1. The number of nitrogens with zero attached hydrogens (tertiary/aromatic N) is 1. The van der Waals surface area contributed by atoms with E-state index in [2.05, 4.69) is 10.0 Å². The number of benzene rings is 3. The number of amides is 1. The zero-order valence-corrected chi connectivity index (χ0v) is 16.6. The first-order valence-corrected chi connectivity index (χ1v) is 10.5. The molecule has 154 valence electrons. The van der Waals surface area contributed by atoms with Crippen molar-refractivity contribution in [1.82, 2.24) is 4.72 Å². The number of carbonyl (C=O) groups is 1. The molecule has 0 aromatic heterocycles. The summed E-state index contributed by atoms with van der Waals surface area (Å²) in [6.45, 7) is 0.262. The predicted octanol–water partition coefficient (Wildman–Crippen LogP) is 3.37. The van der Waals surface area contributed by atoms with Crippen LogP contribution in [0.2, 0.25) is 0 Å². The lowest BCUT2D eigenvalue weighted by atomic mass is 10.2. The summed E-state index contributed by atoms with van der Waals surface area (Å²) in [6, 6.07) is 20.6. The van der Waals surface area contributed by atoms with Crippen LogP contribution in [0.15, 0.2) is 83.8 Å². The van der Waals surface area contributed by atoms with E-state index >= 15 is 0 Å². The quantitative estimate of drug-likeness (QED) is 0.424. The number of rotatable bonds is 8. The van der Waals surface area contributed by atoms with Crippen LogP contribution in [0.3, 0.4) is 0 Å². The third kappa shape index (κ3) is 5.49. The molecular weight excluding hydrogens is 406 g/mol. The van der Waals surface area contributed by atoms with Crippen LogP contribution in [0.25, 0.3) is 0 Å². The van der Waals surface area contributed by atoms with E-state index in [0.29, 0.717) is 12.1 Å². The van der Waals surface area contributed by atoms with Gasteiger partial charge >= 0.3 is 0 Å². The molecule has 0 fully saturated rings. The number of nitro benzene ring substituents is 1. The minimum absolute atomic E-state index is 0.0731. The Morgan fingerprint density at radius 1 is 0.933 bits per heavy atom. The minimum atomic E-state index is -3.68. The Balaban J connectivity index is 1.61. The van der Waals surface area contributed by atoms with Crippen LogP contribution < -0.4 is 10.0 Å². The lowest BCUT2D eigenvalue weighted by Gasteiger charge is -2.09. The smallest absolute Gasteiger partial charge is 0.270 e. The van der Waals surface area contributed by atoms with Gasteiger partial charge < -0.3 is 5.32 Å². The van der Waals surface area contributed by atoms with Gasteiger partial charge in [-0.3, -0.25) is 14.9 Å². The molecule has 0 unspecified atom stereocenters. The summed E-state index contributed by atoms with van der Waals surface area (Å²) in [5, 5.41) is 13.4. The fourth-order valence-electron chi connectivity index (χ4n) is 2.74. The van der Waals surface area contributed by atoms with E-state index in [0.717, 1.165) is 5.56 Å². The van der Waals surface area contributed by atoms with Crippen molar-refractivity contribution in [2.45, 2.75) is 11.3 Å². The zero-order valence-electron chi connectivity index (χ0n) is 15.8. The van der Waals surface area contributed by atoms with Crippen molar-refractivity contribution in [2.75, 3.05) is 11.9 Å². The van der Waals surface area contributed by atoms with Crippen LogP contribution in [-0.2, 0) is 16.4 Å². The molecule has 1 amide bonds. The minimum Gasteiger partial charge on any atom is -0.322 e. The summed E-state index contributed by atoms with van der Waals surface area (Å²) in [7, 11) is -3.68. The summed E-state index contributed by atoms with van der Waals surface area (Å²) in [4.78, 5) is 22.6. The second kappa shape index (κ2) is 9.29. The predicted molar refractivity (Wildman–Crippen MR) is 113 cm³/mol. The highest BCUT2D eigenvalue weighted by atomic mass is 32.2. The Hall–Kier alpha value is -3.56. The van der Waals surface area contributed by atoms with Gasteiger partial charge in [-0.05, 0) is 42.3 Å². The number of carbonyl (C=O) groups excluding carboxylic acids is 1. The van der Waals surface area contributed by atoms with Gasteiger partial charge in [0.25, 0.3) is 11.6 Å². The van der Waals surface area contributed by atoms with E-state index in [-0.39, 0.29) is 22.7 Å². The number of sulfonamides is 1. The molecule has 0 radical (unpaired) electrons. The van der Waals surface area contributed by atoms with E-state index in [1.54, 1.807) is 0 Å². The molecule has 0 aliphatic carbocycles. The number of hydrogen-bond donors (Lipinski definition) is 2. The monoisotopic (exact) mass is 425 g/mol. The molecule has 3 rings (SSSR count). The van der Waals surface area contributed by atoms with Crippen LogP contribution in [0.5, 0.6) is 0 Å². The highest BCUT2D eigenvalue weighted by Gasteiger charge is 2.15. The maximum absolute atomic E-state index is 12.4. The van der Waals surface area contributed by atoms with E-state index in [1.165, 1.54) is 48.5 Å². The van der Waals surface area contributed by atoms with Crippen molar-refractivity contribution in [2.24, 2.45) is 0 Å². The Bertz CT molecular complexity index is 1150. The van der Waals surface area contributed by atoms with Gasteiger partial charge in [-0.25, -0.2) is 13.1 Å². The molecule has 0 bridgehead atoms. The molecule has 3 aromatic rings. The maximum Gasteiger partial charge on any atom is 0.270 e. The second-order valence-corrected chi connectivity index (χ2v) is 8.19. The van der Waals surface area contributed by atoms with Crippen molar-refractivity contribution in [1.29, 1.82) is 0 Å². The maximum atomic E-state index is 12.4. The Labute approximate surface area is 173 Å². The van der Waals surface area contributed by atoms with Gasteiger partial charge in [-0.2, -0.15) is 0 Å². The number of nitro groups is 1. The molecule has 2 N–H and O–H groups in total. The highest BCUT2D eigenvalue weighted by Crippen LogP contribution is 2.17. The SMILES string of the molecule is O=C(Nc1ccc(S(=O)(=O)NCCc2ccccc2)cc1)c1cccc([N+](=O)[O-])c1. The van der Waals surface area contributed by atoms with Crippen molar-refractivity contribution < 1.29 is 18.1 Å². The van der Waals surface area contributed by atoms with Gasteiger partial charge in [0, 0.05) is 29.9 Å². The number of anilines is 1.